The smallest absolute Gasteiger partial charge is 0.182 e. The second-order valence-electron chi connectivity index (χ2n) is 2.16. The first kappa shape index (κ1) is 9.03. The van der Waals surface area contributed by atoms with Crippen LogP contribution in [0.1, 0.15) is 13.8 Å². The Morgan fingerprint density at radius 3 is 2.83 bits per heavy atom. The van der Waals surface area contributed by atoms with E-state index in [2.05, 4.69) is 4.40 Å². The van der Waals surface area contributed by atoms with Gasteiger partial charge in [-0.15, -0.1) is 0 Å². The normalized spacial score (nSPS) is 22.2. The lowest BCUT2D eigenvalue weighted by molar-refractivity contribution is 0.248. The third-order valence-corrected chi connectivity index (χ3v) is 2.70. The second kappa shape index (κ2) is 3.56. The van der Waals surface area contributed by atoms with E-state index < -0.39 is 10.7 Å². The number of hydrogen-bond acceptors (Lipinski definition) is 4. The van der Waals surface area contributed by atoms with E-state index in [-0.39, 0.29) is 0 Å². The van der Waals surface area contributed by atoms with Gasteiger partial charge in [0.25, 0.3) is 0 Å². The standard InChI is InChI=1S/C7H10N2O2S/c1-3-11-6-5(2)12(4-10)9-7(6)8/h3H2,1-2H3,(H2,8,9). The molecule has 0 bridgehead atoms. The summed E-state index contributed by atoms with van der Waals surface area (Å²) < 4.78 is 9.10. The van der Waals surface area contributed by atoms with Crippen molar-refractivity contribution in [3.63, 3.8) is 0 Å². The Morgan fingerprint density at radius 2 is 2.42 bits per heavy atom. The quantitative estimate of drug-likeness (QED) is 0.651. The van der Waals surface area contributed by atoms with Gasteiger partial charge in [-0.25, -0.2) is 4.79 Å². The van der Waals surface area contributed by atoms with Gasteiger partial charge >= 0.3 is 0 Å². The van der Waals surface area contributed by atoms with E-state index in [1.54, 1.807) is 12.2 Å². The molecule has 0 amide bonds. The number of nitrogens with zero attached hydrogens (tertiary/aromatic N) is 1. The van der Waals surface area contributed by atoms with Crippen LogP contribution in [0.25, 0.3) is 0 Å². The predicted octanol–water partition coefficient (Wildman–Crippen LogP) is 0.876. The van der Waals surface area contributed by atoms with Gasteiger partial charge in [0.15, 0.2) is 16.8 Å². The summed E-state index contributed by atoms with van der Waals surface area (Å²) in [6, 6.07) is 0. The molecule has 1 atom stereocenters. The van der Waals surface area contributed by atoms with E-state index in [0.717, 1.165) is 4.91 Å². The Balaban J connectivity index is 3.05. The van der Waals surface area contributed by atoms with Crippen molar-refractivity contribution in [3.05, 3.63) is 10.7 Å². The molecule has 1 aliphatic heterocycles. The third kappa shape index (κ3) is 1.42. The van der Waals surface area contributed by atoms with Crippen molar-refractivity contribution < 1.29 is 9.53 Å². The Bertz CT molecular complexity index is 313. The summed E-state index contributed by atoms with van der Waals surface area (Å²) in [5, 5.41) is 1.80. The van der Waals surface area contributed by atoms with E-state index in [4.69, 9.17) is 10.5 Å². The number of carbonyl (C=O) groups excluding carboxylic acids is 1. The highest BCUT2D eigenvalue weighted by Gasteiger charge is 2.19. The highest BCUT2D eigenvalue weighted by molar-refractivity contribution is 8.17. The average Bonchev–Trinajstić information content (AvgIpc) is 2.32. The third-order valence-electron chi connectivity index (χ3n) is 1.40. The molecule has 66 valence electrons. The van der Waals surface area contributed by atoms with Gasteiger partial charge in [-0.05, 0) is 13.8 Å². The molecule has 0 aliphatic carbocycles. The van der Waals surface area contributed by atoms with Gasteiger partial charge < -0.3 is 10.5 Å². The van der Waals surface area contributed by atoms with Crippen molar-refractivity contribution in [2.45, 2.75) is 13.8 Å². The summed E-state index contributed by atoms with van der Waals surface area (Å²) in [6.07, 6.45) is 0. The molecule has 4 nitrogen and oxygen atoms in total. The van der Waals surface area contributed by atoms with Crippen molar-refractivity contribution in [2.24, 2.45) is 10.1 Å². The SMILES string of the molecule is CCOC1=C(C)S(=C=O)N=C1N. The van der Waals surface area contributed by atoms with Crippen LogP contribution in [0, 0.1) is 0 Å². The first-order chi connectivity index (χ1) is 5.70. The minimum atomic E-state index is -0.829. The molecule has 1 aliphatic rings. The summed E-state index contributed by atoms with van der Waals surface area (Å²) in [5.41, 5.74) is 5.52. The highest BCUT2D eigenvalue weighted by Crippen LogP contribution is 2.33. The van der Waals surface area contributed by atoms with Gasteiger partial charge in [0.05, 0.1) is 11.5 Å². The predicted molar refractivity (Wildman–Crippen MR) is 49.2 cm³/mol. The van der Waals surface area contributed by atoms with Gasteiger partial charge in [0.1, 0.15) is 0 Å². The fourth-order valence-electron chi connectivity index (χ4n) is 0.877. The summed E-state index contributed by atoms with van der Waals surface area (Å²) in [6.45, 7) is 4.16. The minimum absolute atomic E-state index is 0.307. The lowest BCUT2D eigenvalue weighted by Crippen LogP contribution is -2.14. The average molecular weight is 186 g/mol. The van der Waals surface area contributed by atoms with Gasteiger partial charge in [0.2, 0.25) is 0 Å². The molecule has 5 heteroatoms. The van der Waals surface area contributed by atoms with Crippen molar-refractivity contribution in [2.75, 3.05) is 6.61 Å². The fourth-order valence-corrected chi connectivity index (χ4v) is 1.80. The number of amidine groups is 1. The molecule has 0 radical (unpaired) electrons. The van der Waals surface area contributed by atoms with E-state index in [1.165, 1.54) is 0 Å². The van der Waals surface area contributed by atoms with E-state index in [9.17, 15) is 4.79 Å². The molecule has 1 rings (SSSR count). The lowest BCUT2D eigenvalue weighted by atomic mass is 10.4. The number of allylic oxidation sites excluding steroid dienone is 1. The zero-order chi connectivity index (χ0) is 9.14. The number of nitrogens with two attached hydrogens (primary N) is 1. The van der Waals surface area contributed by atoms with Gasteiger partial charge in [-0.3, -0.25) is 0 Å². The first-order valence-corrected chi connectivity index (χ1v) is 4.69. The zero-order valence-electron chi connectivity index (χ0n) is 6.96. The fraction of sp³-hybridized carbons (Fsp3) is 0.429. The Morgan fingerprint density at radius 1 is 1.75 bits per heavy atom. The topological polar surface area (TPSA) is 64.7 Å². The Kier molecular flexibility index (Phi) is 2.68. The Hall–Kier alpha value is -1.06. The van der Waals surface area contributed by atoms with E-state index >= 15 is 0 Å². The van der Waals surface area contributed by atoms with Crippen LogP contribution in [-0.2, 0) is 9.53 Å². The number of ether oxygens (including phenoxy) is 1. The second-order valence-corrected chi connectivity index (χ2v) is 3.69. The van der Waals surface area contributed by atoms with E-state index in [0.29, 0.717) is 18.2 Å². The summed E-state index contributed by atoms with van der Waals surface area (Å²) in [7, 11) is -0.829. The van der Waals surface area contributed by atoms with Crippen molar-refractivity contribution in [3.8, 4) is 0 Å². The summed E-state index contributed by atoms with van der Waals surface area (Å²) in [4.78, 5) is 11.1. The van der Waals surface area contributed by atoms with Crippen LogP contribution in [0.3, 0.4) is 0 Å². The maximum absolute atomic E-state index is 10.3. The largest absolute Gasteiger partial charge is 0.489 e. The van der Waals surface area contributed by atoms with Crippen LogP contribution in [0.4, 0.5) is 0 Å². The molecule has 0 aromatic heterocycles. The lowest BCUT2D eigenvalue weighted by Gasteiger charge is -2.03. The number of hydrogen-bond donors (Lipinski definition) is 1. The van der Waals surface area contributed by atoms with Crippen molar-refractivity contribution in [1.82, 2.24) is 0 Å². The molecular weight excluding hydrogens is 176 g/mol. The molecule has 0 saturated carbocycles. The molecule has 0 aromatic carbocycles. The molecule has 12 heavy (non-hydrogen) atoms. The summed E-state index contributed by atoms with van der Waals surface area (Å²) in [5.74, 6) is 0.852. The first-order valence-electron chi connectivity index (χ1n) is 3.51. The minimum Gasteiger partial charge on any atom is -0.489 e. The molecule has 0 spiro atoms. The molecule has 1 heterocycles. The highest BCUT2D eigenvalue weighted by atomic mass is 32.2. The van der Waals surface area contributed by atoms with Crippen LogP contribution in [0.5, 0.6) is 0 Å². The van der Waals surface area contributed by atoms with Gasteiger partial charge in [0, 0.05) is 10.7 Å². The summed E-state index contributed by atoms with van der Waals surface area (Å²) >= 11 is 0. The molecule has 0 fully saturated rings. The molecular formula is C7H10N2O2S. The van der Waals surface area contributed by atoms with Crippen LogP contribution >= 0.6 is 10.7 Å². The van der Waals surface area contributed by atoms with Gasteiger partial charge in [-0.1, -0.05) is 0 Å². The molecule has 1 unspecified atom stereocenters. The van der Waals surface area contributed by atoms with Crippen LogP contribution < -0.4 is 5.73 Å². The molecule has 2 N–H and O–H groups in total. The molecule has 0 aromatic rings. The number of rotatable bonds is 2. The van der Waals surface area contributed by atoms with Crippen LogP contribution in [-0.4, -0.2) is 17.7 Å². The van der Waals surface area contributed by atoms with Crippen LogP contribution in [0.2, 0.25) is 0 Å². The molecule has 0 saturated heterocycles. The van der Waals surface area contributed by atoms with Gasteiger partial charge in [-0.2, -0.15) is 4.40 Å². The van der Waals surface area contributed by atoms with E-state index in [1.807, 2.05) is 6.92 Å². The maximum atomic E-state index is 10.3. The van der Waals surface area contributed by atoms with Crippen molar-refractivity contribution >= 4 is 21.7 Å². The zero-order valence-corrected chi connectivity index (χ0v) is 7.77. The van der Waals surface area contributed by atoms with Crippen molar-refractivity contribution in [1.29, 1.82) is 0 Å². The van der Waals surface area contributed by atoms with Crippen LogP contribution in [0.15, 0.2) is 15.1 Å². The Labute approximate surface area is 73.2 Å². The maximum Gasteiger partial charge on any atom is 0.182 e. The monoisotopic (exact) mass is 186 g/mol.